The Bertz CT molecular complexity index is 909. The molecule has 0 aliphatic carbocycles. The first kappa shape index (κ1) is 18.7. The van der Waals surface area contributed by atoms with Crippen LogP contribution < -0.4 is 0 Å². The largest absolute Gasteiger partial charge is 0.465 e. The summed E-state index contributed by atoms with van der Waals surface area (Å²) in [7, 11) is -5.99. The van der Waals surface area contributed by atoms with Crippen LogP contribution in [0.3, 0.4) is 0 Å². The summed E-state index contributed by atoms with van der Waals surface area (Å²) in [5.74, 6) is -3.73. The molecule has 7 nitrogen and oxygen atoms in total. The Morgan fingerprint density at radius 1 is 1.04 bits per heavy atom. The average Bonchev–Trinajstić information content (AvgIpc) is 2.56. The summed E-state index contributed by atoms with van der Waals surface area (Å²) < 4.78 is 63.3. The highest BCUT2D eigenvalue weighted by Gasteiger charge is 2.54. The zero-order chi connectivity index (χ0) is 18.7. The van der Waals surface area contributed by atoms with E-state index in [9.17, 15) is 26.8 Å². The number of alkyl halides is 2. The minimum Gasteiger partial charge on any atom is -0.458 e. The average molecular weight is 374 g/mol. The number of rotatable bonds is 6. The standard InChI is InChI=1S/C15H12F2O7S/c16-15(17,25(20,21)22)14(19)24-9-13(18)23-8-10-5-6-11-3-1-2-4-12(11)7-10/h1-7H,8-9H2,(H,20,21,22). The van der Waals surface area contributed by atoms with Gasteiger partial charge >= 0.3 is 27.3 Å². The predicted octanol–water partition coefficient (Wildman–Crippen LogP) is 1.91. The van der Waals surface area contributed by atoms with Crippen molar-refractivity contribution in [1.29, 1.82) is 0 Å². The molecule has 0 fully saturated rings. The lowest BCUT2D eigenvalue weighted by molar-refractivity contribution is -0.170. The van der Waals surface area contributed by atoms with Crippen LogP contribution in [0.2, 0.25) is 0 Å². The number of hydrogen-bond acceptors (Lipinski definition) is 6. The van der Waals surface area contributed by atoms with Crippen LogP contribution in [0.1, 0.15) is 5.56 Å². The summed E-state index contributed by atoms with van der Waals surface area (Å²) in [6.07, 6.45) is 0. The number of carbonyl (C=O) groups is 2. The van der Waals surface area contributed by atoms with Crippen molar-refractivity contribution in [3.05, 3.63) is 48.0 Å². The van der Waals surface area contributed by atoms with Gasteiger partial charge in [0.25, 0.3) is 0 Å². The van der Waals surface area contributed by atoms with Gasteiger partial charge in [-0.15, -0.1) is 0 Å². The van der Waals surface area contributed by atoms with Gasteiger partial charge in [-0.25, -0.2) is 9.59 Å². The summed E-state index contributed by atoms with van der Waals surface area (Å²) in [6, 6.07) is 12.7. The Morgan fingerprint density at radius 3 is 2.32 bits per heavy atom. The van der Waals surface area contributed by atoms with Crippen LogP contribution in [0.25, 0.3) is 10.8 Å². The van der Waals surface area contributed by atoms with Crippen molar-refractivity contribution in [2.24, 2.45) is 0 Å². The molecule has 0 saturated heterocycles. The molecular formula is C15H12F2O7S. The maximum Gasteiger partial charge on any atom is 0.465 e. The molecule has 0 amide bonds. The predicted molar refractivity (Wildman–Crippen MR) is 81.2 cm³/mol. The molecule has 0 spiro atoms. The van der Waals surface area contributed by atoms with Crippen molar-refractivity contribution >= 4 is 32.8 Å². The summed E-state index contributed by atoms with van der Waals surface area (Å²) in [4.78, 5) is 22.3. The number of halogens is 2. The Balaban J connectivity index is 1.89. The molecule has 0 radical (unpaired) electrons. The number of carbonyl (C=O) groups excluding carboxylic acids is 2. The van der Waals surface area contributed by atoms with Crippen LogP contribution in [0.15, 0.2) is 42.5 Å². The van der Waals surface area contributed by atoms with E-state index in [1.807, 2.05) is 24.3 Å². The fourth-order valence-electron chi connectivity index (χ4n) is 1.85. The van der Waals surface area contributed by atoms with Crippen molar-refractivity contribution in [3.8, 4) is 0 Å². The third-order valence-electron chi connectivity index (χ3n) is 3.10. The molecule has 0 saturated carbocycles. The van der Waals surface area contributed by atoms with E-state index in [0.29, 0.717) is 5.56 Å². The Labute approximate surface area is 140 Å². The quantitative estimate of drug-likeness (QED) is 0.608. The molecule has 0 atom stereocenters. The monoisotopic (exact) mass is 374 g/mol. The normalized spacial score (nSPS) is 12.0. The van der Waals surface area contributed by atoms with E-state index in [-0.39, 0.29) is 6.61 Å². The van der Waals surface area contributed by atoms with Gasteiger partial charge in [-0.05, 0) is 22.4 Å². The van der Waals surface area contributed by atoms with Crippen molar-refractivity contribution < 1.29 is 40.8 Å². The summed E-state index contributed by atoms with van der Waals surface area (Å²) in [5, 5.41) is -3.29. The minimum atomic E-state index is -5.99. The van der Waals surface area contributed by atoms with Crippen LogP contribution in [-0.2, 0) is 35.8 Å². The van der Waals surface area contributed by atoms with Crippen LogP contribution in [0, 0.1) is 0 Å². The molecule has 10 heteroatoms. The molecule has 2 aromatic carbocycles. The Kier molecular flexibility index (Phi) is 5.33. The van der Waals surface area contributed by atoms with E-state index in [2.05, 4.69) is 4.74 Å². The van der Waals surface area contributed by atoms with Gasteiger partial charge in [-0.2, -0.15) is 17.2 Å². The van der Waals surface area contributed by atoms with Crippen molar-refractivity contribution in [2.75, 3.05) is 6.61 Å². The first-order chi connectivity index (χ1) is 11.6. The topological polar surface area (TPSA) is 107 Å². The molecule has 0 aromatic heterocycles. The highest BCUT2D eigenvalue weighted by atomic mass is 32.2. The Morgan fingerprint density at radius 2 is 1.68 bits per heavy atom. The minimum absolute atomic E-state index is 0.199. The van der Waals surface area contributed by atoms with Crippen molar-refractivity contribution in [1.82, 2.24) is 0 Å². The fraction of sp³-hybridized carbons (Fsp3) is 0.200. The van der Waals surface area contributed by atoms with Crippen molar-refractivity contribution in [2.45, 2.75) is 11.9 Å². The van der Waals surface area contributed by atoms with Gasteiger partial charge in [0.2, 0.25) is 0 Å². The van der Waals surface area contributed by atoms with E-state index in [1.54, 1.807) is 18.2 Å². The van der Waals surface area contributed by atoms with E-state index >= 15 is 0 Å². The van der Waals surface area contributed by atoms with Gasteiger partial charge in [0.1, 0.15) is 6.61 Å². The molecule has 25 heavy (non-hydrogen) atoms. The Hall–Kier alpha value is -2.59. The first-order valence-corrected chi connectivity index (χ1v) is 8.20. The maximum atomic E-state index is 12.9. The third-order valence-corrected chi connectivity index (χ3v) is 3.91. The summed E-state index contributed by atoms with van der Waals surface area (Å²) in [5.41, 5.74) is 0.613. The highest BCUT2D eigenvalue weighted by Crippen LogP contribution is 2.22. The second-order valence-electron chi connectivity index (χ2n) is 4.91. The number of benzene rings is 2. The number of ether oxygens (including phenoxy) is 2. The van der Waals surface area contributed by atoms with Crippen molar-refractivity contribution in [3.63, 3.8) is 0 Å². The fourth-order valence-corrected chi connectivity index (χ4v) is 2.12. The van der Waals surface area contributed by atoms with Gasteiger partial charge in [0.15, 0.2) is 6.61 Å². The second kappa shape index (κ2) is 7.11. The zero-order valence-electron chi connectivity index (χ0n) is 12.5. The van der Waals surface area contributed by atoms with Crippen LogP contribution in [-0.4, -0.2) is 36.8 Å². The van der Waals surface area contributed by atoms with E-state index in [1.165, 1.54) is 0 Å². The molecule has 0 aliphatic heterocycles. The number of fused-ring (bicyclic) bond motifs is 1. The molecule has 0 unspecified atom stereocenters. The molecule has 2 rings (SSSR count). The summed E-state index contributed by atoms with van der Waals surface area (Å²) >= 11 is 0. The van der Waals surface area contributed by atoms with Gasteiger partial charge in [-0.1, -0.05) is 36.4 Å². The van der Waals surface area contributed by atoms with Crippen LogP contribution >= 0.6 is 0 Å². The molecule has 2 aromatic rings. The highest BCUT2D eigenvalue weighted by molar-refractivity contribution is 7.87. The third kappa shape index (κ3) is 4.48. The molecule has 134 valence electrons. The van der Waals surface area contributed by atoms with Gasteiger partial charge in [-0.3, -0.25) is 4.55 Å². The lowest BCUT2D eigenvalue weighted by Crippen LogP contribution is -2.39. The van der Waals surface area contributed by atoms with Gasteiger partial charge < -0.3 is 9.47 Å². The van der Waals surface area contributed by atoms with E-state index in [4.69, 9.17) is 9.29 Å². The lowest BCUT2D eigenvalue weighted by atomic mass is 10.1. The van der Waals surface area contributed by atoms with Crippen LogP contribution in [0.4, 0.5) is 8.78 Å². The second-order valence-corrected chi connectivity index (χ2v) is 6.37. The molecule has 0 bridgehead atoms. The maximum absolute atomic E-state index is 12.9. The number of hydrogen-bond donors (Lipinski definition) is 1. The SMILES string of the molecule is O=C(COC(=O)C(F)(F)S(=O)(=O)O)OCc1ccc2ccccc2c1. The van der Waals surface area contributed by atoms with Crippen LogP contribution in [0.5, 0.6) is 0 Å². The molecule has 0 aliphatic rings. The van der Waals surface area contributed by atoms with E-state index in [0.717, 1.165) is 10.8 Å². The number of esters is 2. The smallest absolute Gasteiger partial charge is 0.458 e. The molecule has 0 heterocycles. The van der Waals surface area contributed by atoms with E-state index < -0.39 is 33.9 Å². The lowest BCUT2D eigenvalue weighted by Gasteiger charge is -2.11. The molecular weight excluding hydrogens is 362 g/mol. The molecule has 1 N–H and O–H groups in total. The summed E-state index contributed by atoms with van der Waals surface area (Å²) in [6.45, 7) is -1.42. The van der Waals surface area contributed by atoms with Gasteiger partial charge in [0, 0.05) is 0 Å². The van der Waals surface area contributed by atoms with Gasteiger partial charge in [0.05, 0.1) is 0 Å². The zero-order valence-corrected chi connectivity index (χ0v) is 13.3. The first-order valence-electron chi connectivity index (χ1n) is 6.76.